The Balaban J connectivity index is 2.78. The standard InChI is InChI=1S/C16H21NO6/c1-3-14(15(19)20)17(9-13(18)11-22-2)16(21)23-10-12-7-5-4-6-8-12/h4-8,14H,3,9-11H2,1-2H3,(H,19,20). The molecule has 1 aromatic rings. The molecule has 1 atom stereocenters. The van der Waals surface area contributed by atoms with E-state index in [2.05, 4.69) is 0 Å². The van der Waals surface area contributed by atoms with Gasteiger partial charge in [-0.3, -0.25) is 9.69 Å². The lowest BCUT2D eigenvalue weighted by molar-refractivity contribution is -0.143. The number of hydrogen-bond acceptors (Lipinski definition) is 5. The number of carbonyl (C=O) groups excluding carboxylic acids is 2. The van der Waals surface area contributed by atoms with Crippen LogP contribution in [0.5, 0.6) is 0 Å². The van der Waals surface area contributed by atoms with Crippen LogP contribution < -0.4 is 0 Å². The number of amides is 1. The Kier molecular flexibility index (Phi) is 7.76. The van der Waals surface area contributed by atoms with Gasteiger partial charge in [-0.05, 0) is 12.0 Å². The molecule has 0 aliphatic heterocycles. The lowest BCUT2D eigenvalue weighted by atomic mass is 10.2. The second-order valence-electron chi connectivity index (χ2n) is 4.90. The summed E-state index contributed by atoms with van der Waals surface area (Å²) in [7, 11) is 1.35. The summed E-state index contributed by atoms with van der Waals surface area (Å²) in [5, 5.41) is 9.23. The number of carbonyl (C=O) groups is 3. The molecule has 0 aliphatic rings. The predicted molar refractivity (Wildman–Crippen MR) is 81.9 cm³/mol. The van der Waals surface area contributed by atoms with Gasteiger partial charge in [-0.1, -0.05) is 37.3 Å². The van der Waals surface area contributed by atoms with E-state index < -0.39 is 23.9 Å². The second kappa shape index (κ2) is 9.58. The molecule has 0 fully saturated rings. The van der Waals surface area contributed by atoms with Crippen LogP contribution in [-0.2, 0) is 25.7 Å². The van der Waals surface area contributed by atoms with Crippen LogP contribution in [0.25, 0.3) is 0 Å². The van der Waals surface area contributed by atoms with Crippen molar-refractivity contribution in [1.82, 2.24) is 4.90 Å². The number of ether oxygens (including phenoxy) is 2. The molecule has 0 bridgehead atoms. The lowest BCUT2D eigenvalue weighted by Crippen LogP contribution is -2.48. The van der Waals surface area contributed by atoms with Crippen molar-refractivity contribution in [3.8, 4) is 0 Å². The first-order chi connectivity index (χ1) is 11.0. The van der Waals surface area contributed by atoms with Crippen LogP contribution in [0.15, 0.2) is 30.3 Å². The minimum absolute atomic E-state index is 0.00466. The molecule has 7 nitrogen and oxygen atoms in total. The molecule has 0 spiro atoms. The van der Waals surface area contributed by atoms with Gasteiger partial charge in [-0.15, -0.1) is 0 Å². The van der Waals surface area contributed by atoms with Gasteiger partial charge in [-0.25, -0.2) is 9.59 Å². The molecule has 0 saturated heterocycles. The van der Waals surface area contributed by atoms with Crippen LogP contribution in [-0.4, -0.2) is 54.2 Å². The summed E-state index contributed by atoms with van der Waals surface area (Å²) in [4.78, 5) is 36.1. The van der Waals surface area contributed by atoms with Gasteiger partial charge >= 0.3 is 12.1 Å². The first kappa shape index (κ1) is 18.6. The maximum absolute atomic E-state index is 12.2. The third-order valence-corrected chi connectivity index (χ3v) is 3.14. The van der Waals surface area contributed by atoms with Gasteiger partial charge in [0.2, 0.25) is 0 Å². The van der Waals surface area contributed by atoms with Crippen molar-refractivity contribution < 1.29 is 29.0 Å². The van der Waals surface area contributed by atoms with Gasteiger partial charge in [0.15, 0.2) is 5.78 Å². The number of carboxylic acids is 1. The molecule has 1 rings (SSSR count). The van der Waals surface area contributed by atoms with Gasteiger partial charge in [0.25, 0.3) is 0 Å². The van der Waals surface area contributed by atoms with Crippen molar-refractivity contribution in [1.29, 1.82) is 0 Å². The normalized spacial score (nSPS) is 11.6. The van der Waals surface area contributed by atoms with Crippen molar-refractivity contribution in [2.24, 2.45) is 0 Å². The summed E-state index contributed by atoms with van der Waals surface area (Å²) in [5.74, 6) is -1.58. The van der Waals surface area contributed by atoms with Crippen LogP contribution >= 0.6 is 0 Å². The zero-order valence-corrected chi connectivity index (χ0v) is 13.2. The molecule has 0 heterocycles. The van der Waals surface area contributed by atoms with E-state index in [-0.39, 0.29) is 26.2 Å². The van der Waals surface area contributed by atoms with E-state index in [1.165, 1.54) is 7.11 Å². The van der Waals surface area contributed by atoms with Crippen molar-refractivity contribution in [3.05, 3.63) is 35.9 Å². The third kappa shape index (κ3) is 6.07. The number of carboxylic acid groups (broad SMARTS) is 1. The van der Waals surface area contributed by atoms with Gasteiger partial charge in [-0.2, -0.15) is 0 Å². The molecule has 1 amide bonds. The van der Waals surface area contributed by atoms with Crippen LogP contribution in [0, 0.1) is 0 Å². The Morgan fingerprint density at radius 2 is 1.87 bits per heavy atom. The summed E-state index contributed by atoms with van der Waals surface area (Å²) in [6, 6.07) is 7.87. The van der Waals surface area contributed by atoms with Crippen molar-refractivity contribution in [3.63, 3.8) is 0 Å². The summed E-state index contributed by atoms with van der Waals surface area (Å²) in [6.45, 7) is 1.06. The highest BCUT2D eigenvalue weighted by molar-refractivity contribution is 5.87. The van der Waals surface area contributed by atoms with Gasteiger partial charge in [0.05, 0.1) is 6.54 Å². The zero-order chi connectivity index (χ0) is 17.2. The van der Waals surface area contributed by atoms with E-state index in [4.69, 9.17) is 9.47 Å². The molecule has 0 aliphatic carbocycles. The smallest absolute Gasteiger partial charge is 0.411 e. The zero-order valence-electron chi connectivity index (χ0n) is 13.2. The Morgan fingerprint density at radius 3 is 2.39 bits per heavy atom. The van der Waals surface area contributed by atoms with E-state index in [0.29, 0.717) is 0 Å². The monoisotopic (exact) mass is 323 g/mol. The Morgan fingerprint density at radius 1 is 1.22 bits per heavy atom. The van der Waals surface area contributed by atoms with Crippen LogP contribution in [0.2, 0.25) is 0 Å². The highest BCUT2D eigenvalue weighted by Crippen LogP contribution is 2.10. The number of aliphatic carboxylic acids is 1. The molecule has 0 radical (unpaired) electrons. The fraction of sp³-hybridized carbons (Fsp3) is 0.438. The minimum atomic E-state index is -1.19. The fourth-order valence-electron chi connectivity index (χ4n) is 2.03. The number of nitrogens with zero attached hydrogens (tertiary/aromatic N) is 1. The highest BCUT2D eigenvalue weighted by Gasteiger charge is 2.31. The van der Waals surface area contributed by atoms with Crippen molar-refractivity contribution >= 4 is 17.8 Å². The Labute approximate surface area is 134 Å². The van der Waals surface area contributed by atoms with Crippen molar-refractivity contribution in [2.45, 2.75) is 26.0 Å². The molecular formula is C16H21NO6. The molecular weight excluding hydrogens is 302 g/mol. The van der Waals surface area contributed by atoms with E-state index in [0.717, 1.165) is 10.5 Å². The Hall–Kier alpha value is -2.41. The molecule has 1 unspecified atom stereocenters. The first-order valence-electron chi connectivity index (χ1n) is 7.20. The van der Waals surface area contributed by atoms with Crippen LogP contribution in [0.1, 0.15) is 18.9 Å². The quantitative estimate of drug-likeness (QED) is 0.743. The molecule has 126 valence electrons. The average Bonchev–Trinajstić information content (AvgIpc) is 2.53. The number of ketones is 1. The summed E-state index contributed by atoms with van der Waals surface area (Å²) < 4.78 is 9.84. The number of hydrogen-bond donors (Lipinski definition) is 1. The number of rotatable bonds is 9. The van der Waals surface area contributed by atoms with Gasteiger partial charge < -0.3 is 14.6 Å². The second-order valence-corrected chi connectivity index (χ2v) is 4.90. The van der Waals surface area contributed by atoms with E-state index >= 15 is 0 Å². The van der Waals surface area contributed by atoms with E-state index in [9.17, 15) is 19.5 Å². The average molecular weight is 323 g/mol. The maximum atomic E-state index is 12.2. The van der Waals surface area contributed by atoms with Crippen molar-refractivity contribution in [2.75, 3.05) is 20.3 Å². The summed E-state index contributed by atoms with van der Waals surface area (Å²) in [5.41, 5.74) is 0.771. The number of Topliss-reactive ketones (excluding diaryl/α,β-unsaturated/α-hetero) is 1. The number of benzene rings is 1. The molecule has 1 N–H and O–H groups in total. The van der Waals surface area contributed by atoms with Crippen LogP contribution in [0.3, 0.4) is 0 Å². The molecule has 1 aromatic carbocycles. The highest BCUT2D eigenvalue weighted by atomic mass is 16.6. The lowest BCUT2D eigenvalue weighted by Gasteiger charge is -2.26. The first-order valence-corrected chi connectivity index (χ1v) is 7.20. The largest absolute Gasteiger partial charge is 0.480 e. The molecule has 0 saturated carbocycles. The topological polar surface area (TPSA) is 93.1 Å². The predicted octanol–water partition coefficient (Wildman–Crippen LogP) is 1.70. The molecule has 7 heteroatoms. The Bertz CT molecular complexity index is 531. The third-order valence-electron chi connectivity index (χ3n) is 3.14. The summed E-state index contributed by atoms with van der Waals surface area (Å²) in [6.07, 6.45) is -0.677. The summed E-state index contributed by atoms with van der Waals surface area (Å²) >= 11 is 0. The van der Waals surface area contributed by atoms with E-state index in [1.54, 1.807) is 31.2 Å². The SMILES string of the molecule is CCC(C(=O)O)N(CC(=O)COC)C(=O)OCc1ccccc1. The van der Waals surface area contributed by atoms with Gasteiger partial charge in [0.1, 0.15) is 19.3 Å². The molecule has 23 heavy (non-hydrogen) atoms. The fourth-order valence-corrected chi connectivity index (χ4v) is 2.03. The number of methoxy groups -OCH3 is 1. The minimum Gasteiger partial charge on any atom is -0.480 e. The van der Waals surface area contributed by atoms with Gasteiger partial charge in [0, 0.05) is 7.11 Å². The van der Waals surface area contributed by atoms with Crippen LogP contribution in [0.4, 0.5) is 4.79 Å². The molecule has 0 aromatic heterocycles. The maximum Gasteiger partial charge on any atom is 0.411 e. The van der Waals surface area contributed by atoms with E-state index in [1.807, 2.05) is 6.07 Å².